The fourth-order valence-corrected chi connectivity index (χ4v) is 3.41. The molecule has 35 heavy (non-hydrogen) atoms. The number of alkyl halides is 3. The van der Waals surface area contributed by atoms with Crippen LogP contribution in [-0.4, -0.2) is 29.6 Å². The van der Waals surface area contributed by atoms with E-state index in [2.05, 4.69) is 16.7 Å². The lowest BCUT2D eigenvalue weighted by atomic mass is 10.1. The third-order valence-corrected chi connectivity index (χ3v) is 5.07. The molecule has 0 spiro atoms. The molecule has 1 aromatic heterocycles. The van der Waals surface area contributed by atoms with Gasteiger partial charge in [-0.05, 0) is 48.0 Å². The van der Waals surface area contributed by atoms with Crippen molar-refractivity contribution in [3.05, 3.63) is 101 Å². The van der Waals surface area contributed by atoms with Crippen LogP contribution in [0.3, 0.4) is 0 Å². The summed E-state index contributed by atoms with van der Waals surface area (Å²) in [6, 6.07) is 16.2. The Morgan fingerprint density at radius 3 is 2.60 bits per heavy atom. The Balaban J connectivity index is 1.85. The molecule has 4 rings (SSSR count). The summed E-state index contributed by atoms with van der Waals surface area (Å²) in [5.74, 6) is 0.922. The molecular formula is C26H20F3N3O3. The van der Waals surface area contributed by atoms with Gasteiger partial charge in [0, 0.05) is 5.56 Å². The molecule has 0 N–H and O–H groups in total. The summed E-state index contributed by atoms with van der Waals surface area (Å²) < 4.78 is 51.8. The SMILES string of the molecule is C=CCOc1ccc(C=Nn2c(-c3cccc(C(F)(F)F)c3)nc3ccccc3c2=O)cc1OC. The highest BCUT2D eigenvalue weighted by Crippen LogP contribution is 2.32. The first-order chi connectivity index (χ1) is 16.8. The monoisotopic (exact) mass is 479 g/mol. The number of methoxy groups -OCH3 is 1. The van der Waals surface area contributed by atoms with E-state index in [0.717, 1.165) is 16.8 Å². The minimum Gasteiger partial charge on any atom is -0.493 e. The minimum absolute atomic E-state index is 0.0195. The van der Waals surface area contributed by atoms with Crippen LogP contribution in [0.15, 0.2) is 89.3 Å². The van der Waals surface area contributed by atoms with Crippen molar-refractivity contribution in [3.63, 3.8) is 0 Å². The van der Waals surface area contributed by atoms with Gasteiger partial charge in [0.15, 0.2) is 17.3 Å². The van der Waals surface area contributed by atoms with Gasteiger partial charge in [-0.15, -0.1) is 0 Å². The number of nitrogens with zero attached hydrogens (tertiary/aromatic N) is 3. The van der Waals surface area contributed by atoms with E-state index in [1.807, 2.05) is 0 Å². The molecule has 0 unspecified atom stereocenters. The Morgan fingerprint density at radius 2 is 1.86 bits per heavy atom. The molecule has 0 bridgehead atoms. The quantitative estimate of drug-likeness (QED) is 0.258. The second kappa shape index (κ2) is 9.84. The van der Waals surface area contributed by atoms with Gasteiger partial charge in [-0.2, -0.15) is 22.9 Å². The van der Waals surface area contributed by atoms with E-state index in [-0.39, 0.29) is 16.8 Å². The van der Waals surface area contributed by atoms with Gasteiger partial charge < -0.3 is 9.47 Å². The largest absolute Gasteiger partial charge is 0.493 e. The molecule has 0 amide bonds. The van der Waals surface area contributed by atoms with Crippen molar-refractivity contribution in [2.75, 3.05) is 13.7 Å². The normalized spacial score (nSPS) is 11.7. The van der Waals surface area contributed by atoms with E-state index in [4.69, 9.17) is 9.47 Å². The molecule has 178 valence electrons. The van der Waals surface area contributed by atoms with Crippen molar-refractivity contribution in [2.24, 2.45) is 5.10 Å². The van der Waals surface area contributed by atoms with Gasteiger partial charge in [0.25, 0.3) is 5.56 Å². The maximum Gasteiger partial charge on any atom is 0.416 e. The van der Waals surface area contributed by atoms with Gasteiger partial charge >= 0.3 is 6.18 Å². The number of hydrogen-bond acceptors (Lipinski definition) is 5. The van der Waals surface area contributed by atoms with Crippen molar-refractivity contribution in [1.82, 2.24) is 9.66 Å². The molecule has 0 aliphatic carbocycles. The van der Waals surface area contributed by atoms with Crippen molar-refractivity contribution >= 4 is 17.1 Å². The van der Waals surface area contributed by atoms with Crippen molar-refractivity contribution in [1.29, 1.82) is 0 Å². The summed E-state index contributed by atoms with van der Waals surface area (Å²) in [7, 11) is 1.49. The van der Waals surface area contributed by atoms with E-state index in [0.29, 0.717) is 29.2 Å². The molecule has 6 nitrogen and oxygen atoms in total. The van der Waals surface area contributed by atoms with Crippen molar-refractivity contribution in [2.45, 2.75) is 6.18 Å². The maximum absolute atomic E-state index is 13.3. The number of rotatable bonds is 7. The molecule has 0 saturated heterocycles. The van der Waals surface area contributed by atoms with Gasteiger partial charge in [-0.1, -0.05) is 36.9 Å². The van der Waals surface area contributed by atoms with Crippen LogP contribution in [0.25, 0.3) is 22.3 Å². The van der Waals surface area contributed by atoms with Crippen molar-refractivity contribution < 1.29 is 22.6 Å². The lowest BCUT2D eigenvalue weighted by Crippen LogP contribution is -2.20. The minimum atomic E-state index is -4.55. The van der Waals surface area contributed by atoms with Crippen LogP contribution < -0.4 is 15.0 Å². The first kappa shape index (κ1) is 23.7. The number of halogens is 3. The first-order valence-electron chi connectivity index (χ1n) is 10.5. The molecule has 3 aromatic carbocycles. The number of benzene rings is 3. The van der Waals surface area contributed by atoms with Crippen LogP contribution in [0.5, 0.6) is 11.5 Å². The Labute approximate surface area is 198 Å². The maximum atomic E-state index is 13.3. The van der Waals surface area contributed by atoms with Crippen LogP contribution in [0, 0.1) is 0 Å². The third kappa shape index (κ3) is 5.08. The average Bonchev–Trinajstić information content (AvgIpc) is 2.86. The predicted molar refractivity (Wildman–Crippen MR) is 128 cm³/mol. The third-order valence-electron chi connectivity index (χ3n) is 5.07. The van der Waals surface area contributed by atoms with E-state index in [9.17, 15) is 18.0 Å². The highest BCUT2D eigenvalue weighted by molar-refractivity contribution is 5.82. The summed E-state index contributed by atoms with van der Waals surface area (Å²) in [6.07, 6.45) is -1.55. The van der Waals surface area contributed by atoms with Gasteiger partial charge in [0.2, 0.25) is 0 Å². The Morgan fingerprint density at radius 1 is 1.06 bits per heavy atom. The predicted octanol–water partition coefficient (Wildman–Crippen LogP) is 5.54. The molecule has 0 fully saturated rings. The van der Waals surface area contributed by atoms with Gasteiger partial charge in [0.1, 0.15) is 6.61 Å². The van der Waals surface area contributed by atoms with Crippen LogP contribution in [0.2, 0.25) is 0 Å². The molecule has 4 aromatic rings. The van der Waals surface area contributed by atoms with E-state index >= 15 is 0 Å². The van der Waals surface area contributed by atoms with Crippen LogP contribution in [0.1, 0.15) is 11.1 Å². The molecule has 1 heterocycles. The summed E-state index contributed by atoms with van der Waals surface area (Å²) in [4.78, 5) is 17.7. The summed E-state index contributed by atoms with van der Waals surface area (Å²) >= 11 is 0. The second-order valence-electron chi connectivity index (χ2n) is 7.40. The van der Waals surface area contributed by atoms with Crippen molar-refractivity contribution in [3.8, 4) is 22.9 Å². The molecule has 0 aliphatic heterocycles. The highest BCUT2D eigenvalue weighted by atomic mass is 19.4. The molecule has 0 saturated carbocycles. The Kier molecular flexibility index (Phi) is 6.68. The zero-order valence-corrected chi connectivity index (χ0v) is 18.6. The number of para-hydroxylation sites is 1. The molecule has 0 aliphatic rings. The zero-order valence-electron chi connectivity index (χ0n) is 18.6. The summed E-state index contributed by atoms with van der Waals surface area (Å²) in [5, 5.41) is 4.57. The lowest BCUT2D eigenvalue weighted by molar-refractivity contribution is -0.137. The first-order valence-corrected chi connectivity index (χ1v) is 10.5. The standard InChI is InChI=1S/C26H20F3N3O3/c1-3-13-35-22-12-11-17(14-23(22)34-2)16-30-32-24(18-7-6-8-19(15-18)26(27,28)29)31-21-10-5-4-9-20(21)25(32)33/h3-12,14-16H,1,13H2,2H3. The Bertz CT molecular complexity index is 1480. The summed E-state index contributed by atoms with van der Waals surface area (Å²) in [6.45, 7) is 3.90. The van der Waals surface area contributed by atoms with E-state index in [1.54, 1.807) is 48.5 Å². The number of ether oxygens (including phenoxy) is 2. The number of hydrogen-bond donors (Lipinski definition) is 0. The van der Waals surface area contributed by atoms with E-state index < -0.39 is 17.3 Å². The second-order valence-corrected chi connectivity index (χ2v) is 7.40. The molecule has 0 radical (unpaired) electrons. The fourth-order valence-electron chi connectivity index (χ4n) is 3.41. The summed E-state index contributed by atoms with van der Waals surface area (Å²) in [5.41, 5.74) is -0.347. The topological polar surface area (TPSA) is 65.7 Å². The number of fused-ring (bicyclic) bond motifs is 1. The van der Waals surface area contributed by atoms with E-state index in [1.165, 1.54) is 25.5 Å². The van der Waals surface area contributed by atoms with Crippen LogP contribution in [-0.2, 0) is 6.18 Å². The average molecular weight is 479 g/mol. The highest BCUT2D eigenvalue weighted by Gasteiger charge is 2.31. The number of aromatic nitrogens is 2. The van der Waals surface area contributed by atoms with Gasteiger partial charge in [-0.25, -0.2) is 4.98 Å². The smallest absolute Gasteiger partial charge is 0.416 e. The van der Waals surface area contributed by atoms with Crippen LogP contribution >= 0.6 is 0 Å². The zero-order chi connectivity index (χ0) is 25.0. The van der Waals surface area contributed by atoms with Gasteiger partial charge in [0.05, 0.1) is 29.8 Å². The fraction of sp³-hybridized carbons (Fsp3) is 0.115. The molecular weight excluding hydrogens is 459 g/mol. The Hall–Kier alpha value is -4.40. The lowest BCUT2D eigenvalue weighted by Gasteiger charge is -2.12. The molecule has 0 atom stereocenters. The van der Waals surface area contributed by atoms with Gasteiger partial charge in [-0.3, -0.25) is 4.79 Å². The molecule has 9 heteroatoms. The van der Waals surface area contributed by atoms with Crippen LogP contribution in [0.4, 0.5) is 13.2 Å².